The summed E-state index contributed by atoms with van der Waals surface area (Å²) in [6.45, 7) is 1.80. The Balaban J connectivity index is 1.70. The molecule has 0 fully saturated rings. The molecule has 26 heavy (non-hydrogen) atoms. The van der Waals surface area contributed by atoms with Gasteiger partial charge in [-0.3, -0.25) is 4.79 Å². The fourth-order valence-corrected chi connectivity index (χ4v) is 4.34. The molecule has 1 amide bonds. The summed E-state index contributed by atoms with van der Waals surface area (Å²) in [5.41, 5.74) is 1.16. The molecular weight excluding hydrogens is 363 g/mol. The van der Waals surface area contributed by atoms with Crippen LogP contribution < -0.4 is 10.6 Å². The monoisotopic (exact) mass is 379 g/mol. The van der Waals surface area contributed by atoms with E-state index in [-0.39, 0.29) is 12.2 Å². The molecule has 0 saturated carbocycles. The molecule has 1 atom stereocenters. The lowest BCUT2D eigenvalue weighted by Gasteiger charge is -2.17. The average molecular weight is 379 g/mol. The Bertz CT molecular complexity index is 904. The minimum atomic E-state index is -1.60. The van der Waals surface area contributed by atoms with Crippen molar-refractivity contribution in [2.45, 2.75) is 26.2 Å². The highest BCUT2D eigenvalue weighted by Crippen LogP contribution is 2.39. The minimum Gasteiger partial charge on any atom is -0.374 e. The molecule has 4 nitrogen and oxygen atoms in total. The van der Waals surface area contributed by atoms with Crippen LogP contribution in [-0.2, 0) is 17.6 Å². The number of thiophene rings is 1. The van der Waals surface area contributed by atoms with E-state index >= 15 is 0 Å². The Kier molecular flexibility index (Phi) is 5.18. The molecule has 1 heterocycles. The molecule has 1 aliphatic rings. The highest BCUT2D eigenvalue weighted by Gasteiger charge is 2.24. The van der Waals surface area contributed by atoms with E-state index in [1.807, 2.05) is 0 Å². The van der Waals surface area contributed by atoms with Gasteiger partial charge < -0.3 is 10.6 Å². The third-order valence-corrected chi connectivity index (χ3v) is 5.52. The third kappa shape index (κ3) is 3.53. The molecule has 0 spiro atoms. The van der Waals surface area contributed by atoms with Crippen molar-refractivity contribution in [3.63, 3.8) is 0 Å². The first-order chi connectivity index (χ1) is 12.4. The summed E-state index contributed by atoms with van der Waals surface area (Å²) >= 11 is 1.38. The van der Waals surface area contributed by atoms with Gasteiger partial charge in [0.2, 0.25) is 5.91 Å². The van der Waals surface area contributed by atoms with Gasteiger partial charge in [0.15, 0.2) is 17.5 Å². The lowest BCUT2D eigenvalue weighted by atomic mass is 9.89. The average Bonchev–Trinajstić information content (AvgIpc) is 2.94. The van der Waals surface area contributed by atoms with Gasteiger partial charge >= 0.3 is 0 Å². The molecule has 0 radical (unpaired) electrons. The quantitative estimate of drug-likeness (QED) is 0.782. The maximum atomic E-state index is 13.6. The smallest absolute Gasteiger partial charge is 0.244 e. The normalized spacial score (nSPS) is 15.9. The van der Waals surface area contributed by atoms with E-state index in [0.717, 1.165) is 41.8 Å². The maximum Gasteiger partial charge on any atom is 0.244 e. The van der Waals surface area contributed by atoms with E-state index in [0.29, 0.717) is 16.5 Å². The molecule has 1 aliphatic carbocycles. The van der Waals surface area contributed by atoms with Crippen LogP contribution in [0.4, 0.5) is 23.9 Å². The molecule has 8 heteroatoms. The molecule has 136 valence electrons. The first-order valence-electron chi connectivity index (χ1n) is 8.12. The summed E-state index contributed by atoms with van der Waals surface area (Å²) in [5.74, 6) is -4.24. The number of anilines is 2. The van der Waals surface area contributed by atoms with Crippen molar-refractivity contribution in [2.75, 3.05) is 17.2 Å². The van der Waals surface area contributed by atoms with Gasteiger partial charge in [0.25, 0.3) is 0 Å². The zero-order chi connectivity index (χ0) is 18.8. The molecule has 0 aliphatic heterocycles. The lowest BCUT2D eigenvalue weighted by Crippen LogP contribution is -2.22. The third-order valence-electron chi connectivity index (χ3n) is 4.35. The number of carbonyl (C=O) groups is 1. The van der Waals surface area contributed by atoms with Crippen LogP contribution in [0, 0.1) is 34.7 Å². The van der Waals surface area contributed by atoms with Crippen molar-refractivity contribution in [1.82, 2.24) is 0 Å². The fraction of sp³-hybridized carbons (Fsp3) is 0.333. The number of benzene rings is 1. The van der Waals surface area contributed by atoms with E-state index in [2.05, 4.69) is 23.6 Å². The number of fused-ring (bicyclic) bond motifs is 1. The standard InChI is InChI=1S/C18H16F3N3OS/c1-9-2-3-10-11(7-22)18(26-14(10)6-9)24-15(25)8-23-13-5-4-12(19)16(20)17(13)21/h4-5,9,23H,2-3,6,8H2,1H3,(H,24,25). The topological polar surface area (TPSA) is 64.9 Å². The van der Waals surface area contributed by atoms with Gasteiger partial charge in [-0.15, -0.1) is 11.3 Å². The summed E-state index contributed by atoms with van der Waals surface area (Å²) in [5, 5.41) is 15.0. The number of hydrogen-bond acceptors (Lipinski definition) is 4. The number of carbonyl (C=O) groups excluding carboxylic acids is 1. The Morgan fingerprint density at radius 2 is 2.12 bits per heavy atom. The Morgan fingerprint density at radius 3 is 2.85 bits per heavy atom. The van der Waals surface area contributed by atoms with Crippen LogP contribution in [0.3, 0.4) is 0 Å². The van der Waals surface area contributed by atoms with Gasteiger partial charge in [0, 0.05) is 4.88 Å². The van der Waals surface area contributed by atoms with Gasteiger partial charge in [-0.1, -0.05) is 6.92 Å². The molecule has 3 rings (SSSR count). The van der Waals surface area contributed by atoms with Crippen LogP contribution in [-0.4, -0.2) is 12.5 Å². The second-order valence-corrected chi connectivity index (χ2v) is 7.40. The molecule has 0 bridgehead atoms. The van der Waals surface area contributed by atoms with Gasteiger partial charge in [-0.25, -0.2) is 13.2 Å². The molecule has 1 aromatic carbocycles. The van der Waals surface area contributed by atoms with Crippen LogP contribution in [0.2, 0.25) is 0 Å². The number of hydrogen-bond donors (Lipinski definition) is 2. The lowest BCUT2D eigenvalue weighted by molar-refractivity contribution is -0.114. The molecule has 2 N–H and O–H groups in total. The summed E-state index contributed by atoms with van der Waals surface area (Å²) in [7, 11) is 0. The Morgan fingerprint density at radius 1 is 1.35 bits per heavy atom. The van der Waals surface area contributed by atoms with Crippen molar-refractivity contribution in [2.24, 2.45) is 5.92 Å². The number of nitriles is 1. The minimum absolute atomic E-state index is 0.307. The highest BCUT2D eigenvalue weighted by atomic mass is 32.1. The summed E-state index contributed by atoms with van der Waals surface area (Å²) < 4.78 is 39.7. The van der Waals surface area contributed by atoms with Crippen LogP contribution in [0.5, 0.6) is 0 Å². The van der Waals surface area contributed by atoms with Crippen LogP contribution in [0.25, 0.3) is 0 Å². The van der Waals surface area contributed by atoms with E-state index in [1.54, 1.807) is 0 Å². The van der Waals surface area contributed by atoms with Crippen LogP contribution >= 0.6 is 11.3 Å². The predicted molar refractivity (Wildman–Crippen MR) is 93.7 cm³/mol. The van der Waals surface area contributed by atoms with Gasteiger partial charge in [0.05, 0.1) is 17.8 Å². The van der Waals surface area contributed by atoms with E-state index < -0.39 is 23.4 Å². The fourth-order valence-electron chi connectivity index (χ4n) is 2.97. The van der Waals surface area contributed by atoms with E-state index in [1.165, 1.54) is 11.3 Å². The molecule has 0 saturated heterocycles. The van der Waals surface area contributed by atoms with Crippen molar-refractivity contribution in [1.29, 1.82) is 5.26 Å². The van der Waals surface area contributed by atoms with E-state index in [9.17, 15) is 23.2 Å². The Labute approximate surface area is 152 Å². The molecule has 2 aromatic rings. The zero-order valence-electron chi connectivity index (χ0n) is 14.0. The van der Waals surface area contributed by atoms with Gasteiger partial charge in [0.1, 0.15) is 11.1 Å². The number of nitrogens with zero attached hydrogens (tertiary/aromatic N) is 1. The van der Waals surface area contributed by atoms with Gasteiger partial charge in [-0.2, -0.15) is 5.26 Å². The van der Waals surface area contributed by atoms with E-state index in [4.69, 9.17) is 0 Å². The van der Waals surface area contributed by atoms with Crippen molar-refractivity contribution >= 4 is 27.9 Å². The summed E-state index contributed by atoms with van der Waals surface area (Å²) in [6, 6.07) is 3.94. The first-order valence-corrected chi connectivity index (χ1v) is 8.94. The number of halogens is 3. The summed E-state index contributed by atoms with van der Waals surface area (Å²) in [4.78, 5) is 13.2. The van der Waals surface area contributed by atoms with Gasteiger partial charge in [-0.05, 0) is 42.9 Å². The number of rotatable bonds is 4. The van der Waals surface area contributed by atoms with Crippen molar-refractivity contribution in [3.8, 4) is 6.07 Å². The molecule has 1 aromatic heterocycles. The zero-order valence-corrected chi connectivity index (χ0v) is 14.8. The molecular formula is C18H16F3N3OS. The molecule has 1 unspecified atom stereocenters. The Hall–Kier alpha value is -2.53. The summed E-state index contributed by atoms with van der Waals surface area (Å²) in [6.07, 6.45) is 2.69. The van der Waals surface area contributed by atoms with Crippen LogP contribution in [0.15, 0.2) is 12.1 Å². The maximum absolute atomic E-state index is 13.6. The predicted octanol–water partition coefficient (Wildman–Crippen LogP) is 4.21. The number of amides is 1. The number of nitrogens with one attached hydrogen (secondary N) is 2. The second-order valence-electron chi connectivity index (χ2n) is 6.29. The highest BCUT2D eigenvalue weighted by molar-refractivity contribution is 7.16. The second kappa shape index (κ2) is 7.38. The SMILES string of the molecule is CC1CCc2c(sc(NC(=O)CNc3ccc(F)c(F)c3F)c2C#N)C1. The van der Waals surface area contributed by atoms with Crippen molar-refractivity contribution < 1.29 is 18.0 Å². The van der Waals surface area contributed by atoms with Crippen LogP contribution in [0.1, 0.15) is 29.3 Å². The first kappa shape index (κ1) is 18.3. The van der Waals surface area contributed by atoms with Crippen molar-refractivity contribution in [3.05, 3.63) is 45.6 Å². The largest absolute Gasteiger partial charge is 0.374 e.